The van der Waals surface area contributed by atoms with Gasteiger partial charge in [0.15, 0.2) is 17.0 Å². The van der Waals surface area contributed by atoms with Gasteiger partial charge in [0, 0.05) is 19.5 Å². The van der Waals surface area contributed by atoms with Crippen LogP contribution >= 0.6 is 0 Å². The number of nitrogens with one attached hydrogen (secondary N) is 1. The topological polar surface area (TPSA) is 68.5 Å². The Hall–Kier alpha value is -3.28. The van der Waals surface area contributed by atoms with Gasteiger partial charge in [-0.3, -0.25) is 0 Å². The molecular formula is C20H20N6. The molecule has 0 bridgehead atoms. The highest BCUT2D eigenvalue weighted by molar-refractivity contribution is 5.81. The van der Waals surface area contributed by atoms with Gasteiger partial charge in [0.2, 0.25) is 0 Å². The molecule has 0 unspecified atom stereocenters. The second-order valence-electron chi connectivity index (χ2n) is 6.20. The van der Waals surface area contributed by atoms with E-state index < -0.39 is 0 Å². The molecule has 0 aliphatic heterocycles. The van der Waals surface area contributed by atoms with Gasteiger partial charge in [-0.2, -0.15) is 0 Å². The van der Waals surface area contributed by atoms with E-state index in [1.807, 2.05) is 7.05 Å². The minimum Gasteiger partial charge on any atom is -0.368 e. The summed E-state index contributed by atoms with van der Waals surface area (Å²) in [6.07, 6.45) is 2.49. The molecule has 0 saturated heterocycles. The fourth-order valence-corrected chi connectivity index (χ4v) is 3.21. The molecule has 130 valence electrons. The van der Waals surface area contributed by atoms with Gasteiger partial charge in [0.25, 0.3) is 0 Å². The minimum absolute atomic E-state index is 0.323. The minimum atomic E-state index is 0.323. The van der Waals surface area contributed by atoms with Gasteiger partial charge in [-0.1, -0.05) is 65.9 Å². The molecule has 0 atom stereocenters. The van der Waals surface area contributed by atoms with Crippen LogP contribution in [0.25, 0.3) is 11.2 Å². The maximum atomic E-state index is 4.32. The molecule has 26 heavy (non-hydrogen) atoms. The van der Waals surface area contributed by atoms with Crippen LogP contribution in [0.1, 0.15) is 23.5 Å². The molecule has 2 heterocycles. The van der Waals surface area contributed by atoms with E-state index in [0.29, 0.717) is 11.4 Å². The fourth-order valence-electron chi connectivity index (χ4n) is 3.21. The second kappa shape index (κ2) is 7.31. The van der Waals surface area contributed by atoms with Gasteiger partial charge < -0.3 is 5.32 Å². The van der Waals surface area contributed by atoms with Crippen molar-refractivity contribution in [3.05, 3.63) is 78.1 Å². The molecule has 2 aromatic heterocycles. The zero-order chi connectivity index (χ0) is 17.8. The summed E-state index contributed by atoms with van der Waals surface area (Å²) in [4.78, 5) is 8.55. The predicted octanol–water partition coefficient (Wildman–Crippen LogP) is 3.39. The van der Waals surface area contributed by atoms with E-state index in [2.05, 4.69) is 86.3 Å². The lowest BCUT2D eigenvalue weighted by Crippen LogP contribution is -2.10. The number of hydrogen-bond donors (Lipinski definition) is 1. The Bertz CT molecular complexity index is 942. The number of aryl methyl sites for hydroxylation is 1. The SMILES string of the molecule is Cn1nnc2c(NCCC(c3ccccc3)c3ccccc3)ncnc21. The molecule has 0 fully saturated rings. The van der Waals surface area contributed by atoms with Crippen LogP contribution in [0.15, 0.2) is 67.0 Å². The summed E-state index contributed by atoms with van der Waals surface area (Å²) in [7, 11) is 1.83. The molecule has 0 spiro atoms. The van der Waals surface area contributed by atoms with Crippen molar-refractivity contribution in [1.29, 1.82) is 0 Å². The maximum Gasteiger partial charge on any atom is 0.183 e. The summed E-state index contributed by atoms with van der Waals surface area (Å²) in [5.74, 6) is 1.05. The Kier molecular flexibility index (Phi) is 4.55. The first-order chi connectivity index (χ1) is 12.8. The summed E-state index contributed by atoms with van der Waals surface area (Å²) >= 11 is 0. The van der Waals surface area contributed by atoms with Crippen molar-refractivity contribution >= 4 is 17.0 Å². The van der Waals surface area contributed by atoms with Crippen molar-refractivity contribution < 1.29 is 0 Å². The molecule has 0 amide bonds. The first-order valence-electron chi connectivity index (χ1n) is 8.67. The van der Waals surface area contributed by atoms with Gasteiger partial charge in [-0.05, 0) is 17.5 Å². The van der Waals surface area contributed by atoms with E-state index in [0.717, 1.165) is 24.4 Å². The van der Waals surface area contributed by atoms with Crippen molar-refractivity contribution in [3.8, 4) is 0 Å². The zero-order valence-electron chi connectivity index (χ0n) is 14.6. The largest absolute Gasteiger partial charge is 0.368 e. The molecule has 1 N–H and O–H groups in total. The van der Waals surface area contributed by atoms with Crippen molar-refractivity contribution in [2.45, 2.75) is 12.3 Å². The Balaban J connectivity index is 1.53. The first-order valence-corrected chi connectivity index (χ1v) is 8.67. The van der Waals surface area contributed by atoms with E-state index in [-0.39, 0.29) is 0 Å². The lowest BCUT2D eigenvalue weighted by molar-refractivity contribution is 0.729. The van der Waals surface area contributed by atoms with Gasteiger partial charge in [-0.15, -0.1) is 5.10 Å². The molecule has 6 nitrogen and oxygen atoms in total. The summed E-state index contributed by atoms with van der Waals surface area (Å²) in [6, 6.07) is 21.2. The average molecular weight is 344 g/mol. The average Bonchev–Trinajstić information content (AvgIpc) is 3.08. The van der Waals surface area contributed by atoms with E-state index >= 15 is 0 Å². The predicted molar refractivity (Wildman–Crippen MR) is 102 cm³/mol. The molecule has 0 aliphatic carbocycles. The highest BCUT2D eigenvalue weighted by Crippen LogP contribution is 2.28. The van der Waals surface area contributed by atoms with Crippen LogP contribution in [0.4, 0.5) is 5.82 Å². The maximum absolute atomic E-state index is 4.32. The normalized spacial score (nSPS) is 11.2. The van der Waals surface area contributed by atoms with Crippen molar-refractivity contribution in [2.24, 2.45) is 7.05 Å². The summed E-state index contributed by atoms with van der Waals surface area (Å²) in [5, 5.41) is 11.6. The lowest BCUT2D eigenvalue weighted by atomic mass is 9.88. The van der Waals surface area contributed by atoms with E-state index in [9.17, 15) is 0 Å². The third-order valence-corrected chi connectivity index (χ3v) is 4.52. The molecule has 4 aromatic rings. The van der Waals surface area contributed by atoms with Gasteiger partial charge >= 0.3 is 0 Å². The van der Waals surface area contributed by atoms with Crippen LogP contribution in [0.3, 0.4) is 0 Å². The number of aromatic nitrogens is 5. The lowest BCUT2D eigenvalue weighted by Gasteiger charge is -2.18. The van der Waals surface area contributed by atoms with Crippen molar-refractivity contribution in [1.82, 2.24) is 25.0 Å². The molecular weight excluding hydrogens is 324 g/mol. The Morgan fingerprint density at radius 3 is 2.23 bits per heavy atom. The number of nitrogens with zero attached hydrogens (tertiary/aromatic N) is 5. The summed E-state index contributed by atoms with van der Waals surface area (Å²) in [6.45, 7) is 0.775. The van der Waals surface area contributed by atoms with Gasteiger partial charge in [0.05, 0.1) is 0 Å². The standard InChI is InChI=1S/C20H20N6/c1-26-20-18(24-25-26)19(22-14-23-20)21-13-12-17(15-8-4-2-5-9-15)16-10-6-3-7-11-16/h2-11,14,17H,12-13H2,1H3,(H,21,22,23). The Labute approximate surface area is 151 Å². The molecule has 2 aromatic carbocycles. The van der Waals surface area contributed by atoms with Crippen LogP contribution in [0, 0.1) is 0 Å². The van der Waals surface area contributed by atoms with Gasteiger partial charge in [-0.25, -0.2) is 14.6 Å². The quantitative estimate of drug-likeness (QED) is 0.581. The number of rotatable bonds is 6. The third-order valence-electron chi connectivity index (χ3n) is 4.52. The molecule has 0 radical (unpaired) electrons. The van der Waals surface area contributed by atoms with Crippen LogP contribution < -0.4 is 5.32 Å². The van der Waals surface area contributed by atoms with E-state index in [4.69, 9.17) is 0 Å². The number of hydrogen-bond acceptors (Lipinski definition) is 5. The van der Waals surface area contributed by atoms with Crippen LogP contribution in [0.5, 0.6) is 0 Å². The van der Waals surface area contributed by atoms with Gasteiger partial charge in [0.1, 0.15) is 6.33 Å². The monoisotopic (exact) mass is 344 g/mol. The number of benzene rings is 2. The van der Waals surface area contributed by atoms with Crippen molar-refractivity contribution in [3.63, 3.8) is 0 Å². The highest BCUT2D eigenvalue weighted by Gasteiger charge is 2.15. The molecule has 4 rings (SSSR count). The third kappa shape index (κ3) is 3.26. The second-order valence-corrected chi connectivity index (χ2v) is 6.20. The first kappa shape index (κ1) is 16.2. The van der Waals surface area contributed by atoms with Crippen LogP contribution in [0.2, 0.25) is 0 Å². The number of anilines is 1. The highest BCUT2D eigenvalue weighted by atomic mass is 15.4. The molecule has 0 aliphatic rings. The molecule has 0 saturated carbocycles. The smallest absolute Gasteiger partial charge is 0.183 e. The van der Waals surface area contributed by atoms with Crippen LogP contribution in [-0.4, -0.2) is 31.5 Å². The summed E-state index contributed by atoms with van der Waals surface area (Å²) < 4.78 is 1.65. The van der Waals surface area contributed by atoms with Crippen LogP contribution in [-0.2, 0) is 7.05 Å². The van der Waals surface area contributed by atoms with E-state index in [1.54, 1.807) is 11.0 Å². The molecule has 6 heteroatoms. The Morgan fingerprint density at radius 1 is 0.923 bits per heavy atom. The fraction of sp³-hybridized carbons (Fsp3) is 0.200. The zero-order valence-corrected chi connectivity index (χ0v) is 14.6. The summed E-state index contributed by atoms with van der Waals surface area (Å²) in [5.41, 5.74) is 4.05. The Morgan fingerprint density at radius 2 is 1.58 bits per heavy atom. The van der Waals surface area contributed by atoms with E-state index in [1.165, 1.54) is 11.1 Å². The van der Waals surface area contributed by atoms with Crippen molar-refractivity contribution in [2.75, 3.05) is 11.9 Å². The number of fused-ring (bicyclic) bond motifs is 1.